The highest BCUT2D eigenvalue weighted by Gasteiger charge is 2.62. The fourth-order valence-corrected chi connectivity index (χ4v) is 2.90. The molecule has 0 spiro atoms. The van der Waals surface area contributed by atoms with Crippen LogP contribution in [0.15, 0.2) is 18.2 Å². The first kappa shape index (κ1) is 22.3. The molecule has 2 unspecified atom stereocenters. The van der Waals surface area contributed by atoms with E-state index in [2.05, 4.69) is 9.57 Å². The van der Waals surface area contributed by atoms with E-state index < -0.39 is 41.8 Å². The van der Waals surface area contributed by atoms with Crippen molar-refractivity contribution in [1.82, 2.24) is 0 Å². The lowest BCUT2D eigenvalue weighted by atomic mass is 9.91. The monoisotopic (exact) mass is 419 g/mol. The molecule has 0 bridgehead atoms. The van der Waals surface area contributed by atoms with Crippen molar-refractivity contribution in [2.75, 3.05) is 6.61 Å². The van der Waals surface area contributed by atoms with E-state index in [4.69, 9.17) is 9.47 Å². The standard InChI is InChI=1S/C18H20F3NO7/c1-10-7-11(2)15-14(8-10)5-6-17(28-15,18(19,20)21)13(4)27-16(23)26-9-12(3)29-22(24)25/h5-8,12-13H,9H2,1-4H3/t12?,13?,17-/m0/s1. The number of hydrogen-bond acceptors (Lipinski definition) is 7. The van der Waals surface area contributed by atoms with Crippen LogP contribution in [0.2, 0.25) is 0 Å². The predicted molar refractivity (Wildman–Crippen MR) is 93.8 cm³/mol. The van der Waals surface area contributed by atoms with Crippen molar-refractivity contribution in [1.29, 1.82) is 0 Å². The van der Waals surface area contributed by atoms with E-state index in [-0.39, 0.29) is 5.75 Å². The van der Waals surface area contributed by atoms with Crippen LogP contribution in [0.5, 0.6) is 5.75 Å². The first-order valence-electron chi connectivity index (χ1n) is 8.56. The van der Waals surface area contributed by atoms with E-state index in [1.165, 1.54) is 13.0 Å². The molecule has 8 nitrogen and oxygen atoms in total. The Morgan fingerprint density at radius 2 is 1.97 bits per heavy atom. The Morgan fingerprint density at radius 1 is 1.31 bits per heavy atom. The highest BCUT2D eigenvalue weighted by atomic mass is 19.4. The molecule has 11 heteroatoms. The molecular formula is C18H20F3NO7. The molecular weight excluding hydrogens is 399 g/mol. The second kappa shape index (κ2) is 8.18. The van der Waals surface area contributed by atoms with Gasteiger partial charge in [0.05, 0.1) is 0 Å². The van der Waals surface area contributed by atoms with Gasteiger partial charge in [-0.05, 0) is 45.4 Å². The van der Waals surface area contributed by atoms with Crippen molar-refractivity contribution in [2.24, 2.45) is 0 Å². The van der Waals surface area contributed by atoms with Crippen LogP contribution in [0, 0.1) is 24.0 Å². The van der Waals surface area contributed by atoms with E-state index in [9.17, 15) is 28.1 Å². The second-order valence-corrected chi connectivity index (χ2v) is 6.69. The zero-order chi connectivity index (χ0) is 22.0. The number of alkyl halides is 3. The number of halogens is 3. The molecule has 1 aromatic rings. The minimum Gasteiger partial charge on any atom is -0.469 e. The zero-order valence-electron chi connectivity index (χ0n) is 16.1. The van der Waals surface area contributed by atoms with Crippen LogP contribution < -0.4 is 4.74 Å². The summed E-state index contributed by atoms with van der Waals surface area (Å²) >= 11 is 0. The van der Waals surface area contributed by atoms with Crippen molar-refractivity contribution in [3.05, 3.63) is 45.0 Å². The van der Waals surface area contributed by atoms with Gasteiger partial charge in [0.1, 0.15) is 18.5 Å². The normalized spacial score (nSPS) is 20.1. The predicted octanol–water partition coefficient (Wildman–Crippen LogP) is 4.15. The van der Waals surface area contributed by atoms with Crippen LogP contribution in [0.3, 0.4) is 0 Å². The Kier molecular flexibility index (Phi) is 6.29. The molecule has 1 heterocycles. The van der Waals surface area contributed by atoms with Crippen molar-refractivity contribution < 1.29 is 42.1 Å². The van der Waals surface area contributed by atoms with Crippen LogP contribution in [0.4, 0.5) is 18.0 Å². The first-order chi connectivity index (χ1) is 13.4. The number of benzene rings is 1. The SMILES string of the molecule is Cc1cc(C)c2c(c1)C=C[C@](C(C)OC(=O)OCC(C)O[N+](=O)[O-])(C(F)(F)F)O2. The van der Waals surface area contributed by atoms with E-state index in [0.29, 0.717) is 11.1 Å². The molecule has 0 radical (unpaired) electrons. The van der Waals surface area contributed by atoms with Gasteiger partial charge in [0.15, 0.2) is 6.10 Å². The van der Waals surface area contributed by atoms with Crippen molar-refractivity contribution in [2.45, 2.75) is 51.7 Å². The lowest BCUT2D eigenvalue weighted by molar-refractivity contribution is -0.767. The van der Waals surface area contributed by atoms with Crippen molar-refractivity contribution in [3.8, 4) is 5.75 Å². The minimum absolute atomic E-state index is 0.0345. The summed E-state index contributed by atoms with van der Waals surface area (Å²) in [6, 6.07) is 3.35. The third-order valence-corrected chi connectivity index (χ3v) is 4.25. The summed E-state index contributed by atoms with van der Waals surface area (Å²) in [5, 5.41) is 9.12. The van der Waals surface area contributed by atoms with Gasteiger partial charge in [-0.15, -0.1) is 10.1 Å². The lowest BCUT2D eigenvalue weighted by Gasteiger charge is -2.40. The Hall–Kier alpha value is -2.98. The first-order valence-corrected chi connectivity index (χ1v) is 8.56. The summed E-state index contributed by atoms with van der Waals surface area (Å²) in [6.07, 6.45) is -7.22. The fraction of sp³-hybridized carbons (Fsp3) is 0.500. The molecule has 1 aliphatic rings. The number of fused-ring (bicyclic) bond motifs is 1. The molecule has 0 N–H and O–H groups in total. The topological polar surface area (TPSA) is 97.1 Å². The average molecular weight is 419 g/mol. The number of rotatable bonds is 6. The molecule has 0 amide bonds. The smallest absolute Gasteiger partial charge is 0.469 e. The number of aryl methyl sites for hydroxylation is 2. The summed E-state index contributed by atoms with van der Waals surface area (Å²) in [5.41, 5.74) is -1.10. The van der Waals surface area contributed by atoms with Crippen LogP contribution in [-0.2, 0) is 14.3 Å². The molecule has 2 rings (SSSR count). The van der Waals surface area contributed by atoms with E-state index in [1.54, 1.807) is 26.0 Å². The quantitative estimate of drug-likeness (QED) is 0.388. The summed E-state index contributed by atoms with van der Waals surface area (Å²) in [5.74, 6) is 0.0345. The summed E-state index contributed by atoms with van der Waals surface area (Å²) in [4.78, 5) is 26.1. The number of carbonyl (C=O) groups excluding carboxylic acids is 1. The molecule has 0 saturated carbocycles. The second-order valence-electron chi connectivity index (χ2n) is 6.69. The third kappa shape index (κ3) is 4.90. The molecule has 0 aromatic heterocycles. The average Bonchev–Trinajstić information content (AvgIpc) is 2.58. The maximum atomic E-state index is 14.0. The molecule has 1 aliphatic heterocycles. The van der Waals surface area contributed by atoms with Gasteiger partial charge in [0, 0.05) is 5.56 Å². The minimum atomic E-state index is -4.92. The molecule has 0 saturated heterocycles. The van der Waals surface area contributed by atoms with Crippen LogP contribution in [0.25, 0.3) is 6.08 Å². The van der Waals surface area contributed by atoms with E-state index in [1.807, 2.05) is 0 Å². The maximum Gasteiger partial charge on any atom is 0.508 e. The van der Waals surface area contributed by atoms with Gasteiger partial charge in [-0.25, -0.2) is 4.79 Å². The Labute approximate surface area is 164 Å². The summed E-state index contributed by atoms with van der Waals surface area (Å²) < 4.78 is 56.6. The molecule has 160 valence electrons. The Balaban J connectivity index is 2.19. The molecule has 0 aliphatic carbocycles. The van der Waals surface area contributed by atoms with Gasteiger partial charge in [-0.3, -0.25) is 0 Å². The highest BCUT2D eigenvalue weighted by molar-refractivity contribution is 5.65. The summed E-state index contributed by atoms with van der Waals surface area (Å²) in [7, 11) is 0. The zero-order valence-corrected chi connectivity index (χ0v) is 16.1. The molecule has 1 aromatic carbocycles. The van der Waals surface area contributed by atoms with Gasteiger partial charge in [0.2, 0.25) is 0 Å². The van der Waals surface area contributed by atoms with Crippen LogP contribution in [-0.4, -0.2) is 41.8 Å². The number of carbonyl (C=O) groups is 1. The van der Waals surface area contributed by atoms with E-state index in [0.717, 1.165) is 18.6 Å². The van der Waals surface area contributed by atoms with Crippen LogP contribution in [0.1, 0.15) is 30.5 Å². The van der Waals surface area contributed by atoms with Gasteiger partial charge < -0.3 is 19.0 Å². The van der Waals surface area contributed by atoms with Crippen molar-refractivity contribution >= 4 is 12.2 Å². The lowest BCUT2D eigenvalue weighted by Crippen LogP contribution is -2.58. The van der Waals surface area contributed by atoms with Gasteiger partial charge in [0.25, 0.3) is 10.7 Å². The largest absolute Gasteiger partial charge is 0.508 e. The van der Waals surface area contributed by atoms with Gasteiger partial charge in [-0.2, -0.15) is 13.2 Å². The third-order valence-electron chi connectivity index (χ3n) is 4.25. The van der Waals surface area contributed by atoms with Crippen molar-refractivity contribution in [3.63, 3.8) is 0 Å². The Morgan fingerprint density at radius 3 is 2.55 bits per heavy atom. The maximum absolute atomic E-state index is 14.0. The molecule has 3 atom stereocenters. The Bertz CT molecular complexity index is 824. The van der Waals surface area contributed by atoms with Crippen LogP contribution >= 0.6 is 0 Å². The van der Waals surface area contributed by atoms with Gasteiger partial charge in [-0.1, -0.05) is 17.7 Å². The number of hydrogen-bond donors (Lipinski definition) is 0. The van der Waals surface area contributed by atoms with Gasteiger partial charge >= 0.3 is 12.3 Å². The van der Waals surface area contributed by atoms with E-state index >= 15 is 0 Å². The molecule has 0 fully saturated rings. The highest BCUT2D eigenvalue weighted by Crippen LogP contribution is 2.45. The summed E-state index contributed by atoms with van der Waals surface area (Å²) in [6.45, 7) is 5.10. The fourth-order valence-electron chi connectivity index (χ4n) is 2.90. The number of nitrogens with zero attached hydrogens (tertiary/aromatic N) is 1. The number of ether oxygens (including phenoxy) is 3. The molecule has 29 heavy (non-hydrogen) atoms.